The average Bonchev–Trinajstić information content (AvgIpc) is 1.14. The molecule has 0 fully saturated rings. The molecule has 13 aromatic carbocycles. The Labute approximate surface area is 609 Å². The lowest BCUT2D eigenvalue weighted by Crippen LogP contribution is -2.61. The van der Waals surface area contributed by atoms with Crippen LogP contribution in [0, 0.1) is 0 Å². The van der Waals surface area contributed by atoms with Crippen molar-refractivity contribution in [2.45, 2.75) is 131 Å². The topological polar surface area (TPSA) is 24.6 Å². The molecule has 0 atom stereocenters. The van der Waals surface area contributed by atoms with Crippen LogP contribution in [0.15, 0.2) is 277 Å². The van der Waals surface area contributed by atoms with E-state index in [0.29, 0.717) is 0 Å². The molecule has 0 unspecified atom stereocenters. The van der Waals surface area contributed by atoms with Crippen molar-refractivity contribution in [1.82, 2.24) is 4.57 Å². The van der Waals surface area contributed by atoms with E-state index in [0.717, 1.165) is 106 Å². The normalized spacial score (nSPS) is 13.3. The molecule has 2 aliphatic heterocycles. The molecule has 0 N–H and O–H groups in total. The van der Waals surface area contributed by atoms with E-state index < -0.39 is 0 Å². The van der Waals surface area contributed by atoms with E-state index in [4.69, 9.17) is 4.42 Å². The molecule has 2 aromatic heterocycles. The summed E-state index contributed by atoms with van der Waals surface area (Å²) in [4.78, 5) is 5.39. The van der Waals surface area contributed by atoms with E-state index in [1.54, 1.807) is 0 Å². The predicted octanol–water partition coefficient (Wildman–Crippen LogP) is 25.6. The van der Waals surface area contributed by atoms with Gasteiger partial charge in [-0.05, 0) is 183 Å². The first-order chi connectivity index (χ1) is 49.2. The summed E-state index contributed by atoms with van der Waals surface area (Å²) in [5.41, 5.74) is 33.0. The molecule has 0 aliphatic carbocycles. The van der Waals surface area contributed by atoms with Gasteiger partial charge in [0.2, 0.25) is 0 Å². The number of furan rings is 1. The fraction of sp³-hybridized carbons (Fsp3) is 0.204. The molecule has 0 spiro atoms. The zero-order valence-electron chi connectivity index (χ0n) is 62.3. The molecule has 506 valence electrons. The number of hydrogen-bond donors (Lipinski definition) is 0. The quantitative estimate of drug-likeness (QED) is 0.142. The summed E-state index contributed by atoms with van der Waals surface area (Å²) >= 11 is 0. The van der Waals surface area contributed by atoms with Gasteiger partial charge in [-0.15, -0.1) is 0 Å². The van der Waals surface area contributed by atoms with Crippen LogP contribution in [-0.4, -0.2) is 11.3 Å². The Hall–Kier alpha value is -10.9. The first-order valence-corrected chi connectivity index (χ1v) is 36.9. The summed E-state index contributed by atoms with van der Waals surface area (Å²) in [5.74, 6) is 0. The molecule has 103 heavy (non-hydrogen) atoms. The number of nitrogens with zero attached hydrogens (tertiary/aromatic N) is 3. The Morgan fingerprint density at radius 2 is 0.699 bits per heavy atom. The third-order valence-corrected chi connectivity index (χ3v) is 22.1. The van der Waals surface area contributed by atoms with Crippen molar-refractivity contribution in [3.05, 3.63) is 301 Å². The van der Waals surface area contributed by atoms with E-state index in [-0.39, 0.29) is 33.8 Å². The molecule has 2 aliphatic rings. The van der Waals surface area contributed by atoms with Crippen LogP contribution in [0.25, 0.3) is 105 Å². The maximum absolute atomic E-state index is 7.10. The number of rotatable bonds is 8. The van der Waals surface area contributed by atoms with Crippen LogP contribution in [0.2, 0.25) is 0 Å². The summed E-state index contributed by atoms with van der Waals surface area (Å²) in [6, 6.07) is 105. The lowest BCUT2D eigenvalue weighted by molar-refractivity contribution is 0.569. The summed E-state index contributed by atoms with van der Waals surface area (Å²) in [6.07, 6.45) is 0. The van der Waals surface area contributed by atoms with Crippen LogP contribution in [0.4, 0.5) is 34.1 Å². The van der Waals surface area contributed by atoms with Gasteiger partial charge in [-0.3, -0.25) is 0 Å². The molecule has 5 heteroatoms. The largest absolute Gasteiger partial charge is 0.456 e. The number of aromatic nitrogens is 1. The van der Waals surface area contributed by atoms with Crippen molar-refractivity contribution < 1.29 is 4.42 Å². The lowest BCUT2D eigenvalue weighted by atomic mass is 9.33. The minimum atomic E-state index is -0.252. The summed E-state index contributed by atoms with van der Waals surface area (Å²) < 4.78 is 9.65. The summed E-state index contributed by atoms with van der Waals surface area (Å²) in [7, 11) is 0. The monoisotopic (exact) mass is 1340 g/mol. The van der Waals surface area contributed by atoms with Crippen LogP contribution in [0.1, 0.15) is 132 Å². The first-order valence-electron chi connectivity index (χ1n) is 36.9. The second kappa shape index (κ2) is 23.9. The summed E-state index contributed by atoms with van der Waals surface area (Å²) in [6.45, 7) is 34.8. The molecule has 15 aromatic rings. The minimum absolute atomic E-state index is 0.0599. The molecule has 4 heterocycles. The predicted molar refractivity (Wildman–Crippen MR) is 443 cm³/mol. The van der Waals surface area contributed by atoms with Gasteiger partial charge in [0.25, 0.3) is 6.71 Å². The zero-order chi connectivity index (χ0) is 71.4. The van der Waals surface area contributed by atoms with Gasteiger partial charge < -0.3 is 18.8 Å². The first kappa shape index (κ1) is 65.4. The van der Waals surface area contributed by atoms with Gasteiger partial charge in [0, 0.05) is 61.3 Å². The van der Waals surface area contributed by atoms with Crippen molar-refractivity contribution in [1.29, 1.82) is 0 Å². The molecule has 0 saturated heterocycles. The molecule has 0 bridgehead atoms. The van der Waals surface area contributed by atoms with Crippen LogP contribution >= 0.6 is 0 Å². The van der Waals surface area contributed by atoms with Gasteiger partial charge in [0.05, 0.1) is 27.8 Å². The molecule has 0 saturated carbocycles. The van der Waals surface area contributed by atoms with E-state index in [9.17, 15) is 0 Å². The van der Waals surface area contributed by atoms with Crippen molar-refractivity contribution in [2.24, 2.45) is 0 Å². The highest BCUT2D eigenvalue weighted by Gasteiger charge is 2.46. The van der Waals surface area contributed by atoms with Gasteiger partial charge in [-0.1, -0.05) is 304 Å². The van der Waals surface area contributed by atoms with E-state index >= 15 is 0 Å². The minimum Gasteiger partial charge on any atom is -0.456 e. The molecule has 0 radical (unpaired) electrons. The van der Waals surface area contributed by atoms with Crippen LogP contribution in [0.3, 0.4) is 0 Å². The lowest BCUT2D eigenvalue weighted by Gasteiger charge is -2.46. The fourth-order valence-corrected chi connectivity index (χ4v) is 16.4. The number of benzene rings is 13. The molecule has 0 amide bonds. The number of anilines is 6. The highest BCUT2D eigenvalue weighted by Crippen LogP contribution is 2.55. The average molecular weight is 1340 g/mol. The van der Waals surface area contributed by atoms with Crippen LogP contribution in [-0.2, 0) is 27.1 Å². The zero-order valence-corrected chi connectivity index (χ0v) is 62.3. The fourth-order valence-electron chi connectivity index (χ4n) is 16.4. The Kier molecular flexibility index (Phi) is 15.2. The summed E-state index contributed by atoms with van der Waals surface area (Å²) in [5, 5.41) is 4.64. The highest BCUT2D eigenvalue weighted by atomic mass is 16.3. The SMILES string of the molecule is CC(C)(C)c1cccc(-c2cc3c4c(c2)N(c2c(-c5ccccc5)ccc5oc6ccccc6c25)c2cc(-n5c6ccc(C(C)(C)C)cc6c6cc(C(C)(C)C)ccc65)ccc2B4c2ccc(-c4cc(C(C)(C)C)cc(C(C)(C)C)c4)cc2N3c2c(-c3ccccc3)cccc2-c2ccccc2)c1. The number of para-hydroxylation sites is 2. The molecule has 17 rings (SSSR count). The van der Waals surface area contributed by atoms with Gasteiger partial charge in [0.1, 0.15) is 11.2 Å². The van der Waals surface area contributed by atoms with Gasteiger partial charge in [-0.2, -0.15) is 0 Å². The smallest absolute Gasteiger partial charge is 0.252 e. The van der Waals surface area contributed by atoms with Crippen molar-refractivity contribution in [3.8, 4) is 61.3 Å². The highest BCUT2D eigenvalue weighted by molar-refractivity contribution is 7.00. The van der Waals surface area contributed by atoms with Gasteiger partial charge >= 0.3 is 0 Å². The molecular weight excluding hydrogens is 1250 g/mol. The standard InChI is InChI=1S/C98H90BN3O/c1-94(2,3)68-36-27-35-64(51-68)67-55-86-91-87(56-67)102(93-76(63-33-23-18-24-34-63)45-50-89-90(93)77-37-25-26-40-88(77)103-89)85-60-73(100-82-48-42-69(95(4,5)6)58-78(82)79-59-70(96(7,8)9)43-49-83(79)100)44-47-81(85)99(91)80-46-41-65(66-52-71(97(10,11)12)57-72(53-66)98(13,14)15)54-84(80)101(86)92-74(61-29-19-16-20-30-61)38-28-39-75(92)62-31-21-17-22-32-62/h16-60H,1-15H3. The third-order valence-electron chi connectivity index (χ3n) is 22.1. The van der Waals surface area contributed by atoms with Crippen LogP contribution in [0.5, 0.6) is 0 Å². The maximum Gasteiger partial charge on any atom is 0.252 e. The number of fused-ring (bicyclic) bond motifs is 10. The Morgan fingerprint density at radius 3 is 1.24 bits per heavy atom. The van der Waals surface area contributed by atoms with Gasteiger partial charge in [0.15, 0.2) is 0 Å². The maximum atomic E-state index is 7.10. The van der Waals surface area contributed by atoms with E-state index in [2.05, 4.69) is 391 Å². The Balaban J connectivity index is 1.07. The van der Waals surface area contributed by atoms with Gasteiger partial charge in [-0.25, -0.2) is 0 Å². The second-order valence-electron chi connectivity index (χ2n) is 34.2. The van der Waals surface area contributed by atoms with E-state index in [1.807, 2.05) is 0 Å². The van der Waals surface area contributed by atoms with Crippen molar-refractivity contribution >= 4 is 101 Å². The Bertz CT molecular complexity index is 5730. The van der Waals surface area contributed by atoms with Crippen LogP contribution < -0.4 is 26.2 Å². The Morgan fingerprint density at radius 1 is 0.272 bits per heavy atom. The van der Waals surface area contributed by atoms with Crippen molar-refractivity contribution in [2.75, 3.05) is 9.80 Å². The van der Waals surface area contributed by atoms with E-state index in [1.165, 1.54) is 77.1 Å². The van der Waals surface area contributed by atoms with Crippen molar-refractivity contribution in [3.63, 3.8) is 0 Å². The molecular formula is C98H90BN3O. The third kappa shape index (κ3) is 11.1. The second-order valence-corrected chi connectivity index (χ2v) is 34.2. The number of hydrogen-bond acceptors (Lipinski definition) is 3. The molecule has 4 nitrogen and oxygen atoms in total.